The van der Waals surface area contributed by atoms with Crippen molar-refractivity contribution in [2.75, 3.05) is 5.75 Å². The van der Waals surface area contributed by atoms with Crippen LogP contribution in [0.4, 0.5) is 0 Å². The van der Waals surface area contributed by atoms with E-state index in [0.717, 1.165) is 24.4 Å². The highest BCUT2D eigenvalue weighted by Crippen LogP contribution is 2.02. The van der Waals surface area contributed by atoms with Gasteiger partial charge in [0, 0.05) is 12.2 Å². The third-order valence-corrected chi connectivity index (χ3v) is 1.95. The quantitative estimate of drug-likeness (QED) is 0.685. The highest BCUT2D eigenvalue weighted by molar-refractivity contribution is 7.80. The Kier molecular flexibility index (Phi) is 3.00. The fourth-order valence-electron chi connectivity index (χ4n) is 1.12. The summed E-state index contributed by atoms with van der Waals surface area (Å²) in [5, 5.41) is 4.33. The number of nitrogens with zero attached hydrogens (tertiary/aromatic N) is 2. The van der Waals surface area contributed by atoms with Gasteiger partial charge in [0.25, 0.3) is 0 Å². The van der Waals surface area contributed by atoms with Gasteiger partial charge in [0.2, 0.25) is 0 Å². The number of hydrogen-bond acceptors (Lipinski definition) is 2. The van der Waals surface area contributed by atoms with Gasteiger partial charge in [-0.2, -0.15) is 17.7 Å². The van der Waals surface area contributed by atoms with Crippen LogP contribution < -0.4 is 0 Å². The number of aromatic nitrogens is 2. The van der Waals surface area contributed by atoms with E-state index in [4.69, 9.17) is 0 Å². The monoisotopic (exact) mass is 170 g/mol. The number of aryl methyl sites for hydroxylation is 3. The SMILES string of the molecule is Cc1cc(C)n(CCCS)n1. The summed E-state index contributed by atoms with van der Waals surface area (Å²) < 4.78 is 2.03. The van der Waals surface area contributed by atoms with Crippen LogP contribution >= 0.6 is 12.6 Å². The van der Waals surface area contributed by atoms with Gasteiger partial charge >= 0.3 is 0 Å². The molecule has 0 saturated heterocycles. The molecule has 0 aliphatic heterocycles. The number of thiol groups is 1. The molecule has 0 N–H and O–H groups in total. The summed E-state index contributed by atoms with van der Waals surface area (Å²) in [5.74, 6) is 0.929. The standard InChI is InChI=1S/C8H14N2S/c1-7-6-8(2)10(9-7)4-3-5-11/h6,11H,3-5H2,1-2H3. The molecule has 1 aromatic rings. The van der Waals surface area contributed by atoms with Gasteiger partial charge < -0.3 is 0 Å². The summed E-state index contributed by atoms with van der Waals surface area (Å²) in [5.41, 5.74) is 2.34. The Bertz CT molecular complexity index is 230. The Hall–Kier alpha value is -0.440. The van der Waals surface area contributed by atoms with E-state index in [1.165, 1.54) is 5.69 Å². The molecule has 3 heteroatoms. The van der Waals surface area contributed by atoms with Crippen molar-refractivity contribution >= 4 is 12.6 Å². The van der Waals surface area contributed by atoms with Crippen molar-refractivity contribution in [1.29, 1.82) is 0 Å². The number of rotatable bonds is 3. The van der Waals surface area contributed by atoms with Gasteiger partial charge in [-0.05, 0) is 32.1 Å². The molecule has 11 heavy (non-hydrogen) atoms. The summed E-state index contributed by atoms with van der Waals surface area (Å²) in [6.07, 6.45) is 1.09. The van der Waals surface area contributed by atoms with Gasteiger partial charge in [-0.25, -0.2) is 0 Å². The largest absolute Gasteiger partial charge is 0.270 e. The molecule has 0 atom stereocenters. The fraction of sp³-hybridized carbons (Fsp3) is 0.625. The van der Waals surface area contributed by atoms with Crippen LogP contribution in [0.1, 0.15) is 17.8 Å². The average Bonchev–Trinajstić information content (AvgIpc) is 2.26. The molecule has 0 aliphatic rings. The minimum atomic E-state index is 0.929. The van der Waals surface area contributed by atoms with Crippen LogP contribution in [0, 0.1) is 13.8 Å². The van der Waals surface area contributed by atoms with Crippen LogP contribution in [0.5, 0.6) is 0 Å². The zero-order valence-electron chi connectivity index (χ0n) is 7.04. The molecule has 2 nitrogen and oxygen atoms in total. The minimum absolute atomic E-state index is 0.929. The van der Waals surface area contributed by atoms with Crippen LogP contribution in [0.25, 0.3) is 0 Å². The number of hydrogen-bond donors (Lipinski definition) is 1. The van der Waals surface area contributed by atoms with Crippen molar-refractivity contribution in [3.8, 4) is 0 Å². The van der Waals surface area contributed by atoms with E-state index in [9.17, 15) is 0 Å². The van der Waals surface area contributed by atoms with Crippen LogP contribution in [-0.4, -0.2) is 15.5 Å². The topological polar surface area (TPSA) is 17.8 Å². The van der Waals surface area contributed by atoms with Crippen molar-refractivity contribution < 1.29 is 0 Å². The van der Waals surface area contributed by atoms with E-state index in [-0.39, 0.29) is 0 Å². The molecule has 0 aromatic carbocycles. The lowest BCUT2D eigenvalue weighted by molar-refractivity contribution is 0.587. The van der Waals surface area contributed by atoms with Crippen molar-refractivity contribution in [2.45, 2.75) is 26.8 Å². The molecule has 0 bridgehead atoms. The van der Waals surface area contributed by atoms with Crippen molar-refractivity contribution in [3.63, 3.8) is 0 Å². The van der Waals surface area contributed by atoms with Crippen LogP contribution in [0.15, 0.2) is 6.07 Å². The van der Waals surface area contributed by atoms with Gasteiger partial charge in [-0.3, -0.25) is 4.68 Å². The van der Waals surface area contributed by atoms with Crippen molar-refractivity contribution in [1.82, 2.24) is 9.78 Å². The lowest BCUT2D eigenvalue weighted by Crippen LogP contribution is -2.02. The Balaban J connectivity index is 2.62. The molecule has 0 unspecified atom stereocenters. The molecule has 0 aliphatic carbocycles. The van der Waals surface area contributed by atoms with E-state index in [1.807, 2.05) is 11.6 Å². The second-order valence-corrected chi connectivity index (χ2v) is 3.17. The zero-order chi connectivity index (χ0) is 8.27. The molecule has 0 spiro atoms. The third-order valence-electron chi connectivity index (χ3n) is 1.63. The summed E-state index contributed by atoms with van der Waals surface area (Å²) in [7, 11) is 0. The van der Waals surface area contributed by atoms with Gasteiger partial charge in [0.05, 0.1) is 5.69 Å². The Morgan fingerprint density at radius 1 is 1.55 bits per heavy atom. The molecule has 0 saturated carbocycles. The highest BCUT2D eigenvalue weighted by Gasteiger charge is 1.98. The van der Waals surface area contributed by atoms with Gasteiger partial charge in [-0.15, -0.1) is 0 Å². The minimum Gasteiger partial charge on any atom is -0.270 e. The van der Waals surface area contributed by atoms with Crippen LogP contribution in [-0.2, 0) is 6.54 Å². The first-order valence-corrected chi connectivity index (χ1v) is 4.49. The van der Waals surface area contributed by atoms with E-state index in [0.29, 0.717) is 0 Å². The van der Waals surface area contributed by atoms with E-state index in [1.54, 1.807) is 0 Å². The zero-order valence-corrected chi connectivity index (χ0v) is 7.93. The van der Waals surface area contributed by atoms with Gasteiger partial charge in [0.15, 0.2) is 0 Å². The van der Waals surface area contributed by atoms with Crippen molar-refractivity contribution in [3.05, 3.63) is 17.5 Å². The normalized spacial score (nSPS) is 10.5. The molecule has 0 radical (unpaired) electrons. The Morgan fingerprint density at radius 2 is 2.27 bits per heavy atom. The average molecular weight is 170 g/mol. The lowest BCUT2D eigenvalue weighted by Gasteiger charge is -2.00. The van der Waals surface area contributed by atoms with Crippen molar-refractivity contribution in [2.24, 2.45) is 0 Å². The first-order chi connectivity index (χ1) is 5.24. The van der Waals surface area contributed by atoms with E-state index >= 15 is 0 Å². The molecule has 1 aromatic heterocycles. The van der Waals surface area contributed by atoms with Crippen LogP contribution in [0.3, 0.4) is 0 Å². The predicted molar refractivity (Wildman–Crippen MR) is 50.2 cm³/mol. The maximum Gasteiger partial charge on any atom is 0.0596 e. The summed E-state index contributed by atoms with van der Waals surface area (Å²) in [6.45, 7) is 5.09. The van der Waals surface area contributed by atoms with Crippen LogP contribution in [0.2, 0.25) is 0 Å². The first-order valence-electron chi connectivity index (χ1n) is 3.86. The Labute approximate surface area is 73.0 Å². The molecular weight excluding hydrogens is 156 g/mol. The molecular formula is C8H14N2S. The second kappa shape index (κ2) is 3.81. The van der Waals surface area contributed by atoms with E-state index in [2.05, 4.69) is 30.7 Å². The summed E-state index contributed by atoms with van der Waals surface area (Å²) >= 11 is 4.15. The van der Waals surface area contributed by atoms with E-state index < -0.39 is 0 Å². The molecule has 0 fully saturated rings. The molecule has 1 heterocycles. The fourth-order valence-corrected chi connectivity index (χ4v) is 1.26. The lowest BCUT2D eigenvalue weighted by atomic mass is 10.4. The maximum atomic E-state index is 4.33. The second-order valence-electron chi connectivity index (χ2n) is 2.73. The third kappa shape index (κ3) is 2.26. The first kappa shape index (κ1) is 8.65. The Morgan fingerprint density at radius 3 is 2.73 bits per heavy atom. The molecule has 0 amide bonds. The predicted octanol–water partition coefficient (Wildman–Crippen LogP) is 1.82. The van der Waals surface area contributed by atoms with Gasteiger partial charge in [0.1, 0.15) is 0 Å². The summed E-state index contributed by atoms with van der Waals surface area (Å²) in [4.78, 5) is 0. The van der Waals surface area contributed by atoms with Gasteiger partial charge in [-0.1, -0.05) is 0 Å². The smallest absolute Gasteiger partial charge is 0.0596 e. The summed E-state index contributed by atoms with van der Waals surface area (Å²) in [6, 6.07) is 2.10. The molecule has 1 rings (SSSR count). The maximum absolute atomic E-state index is 4.33. The molecule has 62 valence electrons. The highest BCUT2D eigenvalue weighted by atomic mass is 32.1.